The van der Waals surface area contributed by atoms with Crippen LogP contribution in [0.25, 0.3) is 0 Å². The summed E-state index contributed by atoms with van der Waals surface area (Å²) in [4.78, 5) is 14.6. The number of hydrogen-bond donors (Lipinski definition) is 0. The number of carbonyl (C=O) groups is 1. The molecule has 1 aliphatic heterocycles. The topological polar surface area (TPSA) is 29.5 Å². The highest BCUT2D eigenvalue weighted by atomic mass is 19.1. The second-order valence-corrected chi connectivity index (χ2v) is 6.82. The van der Waals surface area contributed by atoms with Gasteiger partial charge in [0.15, 0.2) is 11.6 Å². The zero-order chi connectivity index (χ0) is 19.0. The van der Waals surface area contributed by atoms with Gasteiger partial charge in [-0.05, 0) is 72.2 Å². The van der Waals surface area contributed by atoms with Crippen LogP contribution in [0.3, 0.4) is 0 Å². The molecule has 0 unspecified atom stereocenters. The molecule has 0 fully saturated rings. The number of halogens is 1. The average molecular weight is 355 g/mol. The van der Waals surface area contributed by atoms with Gasteiger partial charge in [-0.2, -0.15) is 0 Å². The predicted molar refractivity (Wildman–Crippen MR) is 103 cm³/mol. The van der Waals surface area contributed by atoms with E-state index in [0.717, 1.165) is 18.4 Å². The van der Waals surface area contributed by atoms with Gasteiger partial charge in [-0.3, -0.25) is 4.79 Å². The summed E-state index contributed by atoms with van der Waals surface area (Å²) in [5, 5.41) is 0. The van der Waals surface area contributed by atoms with Gasteiger partial charge in [0.25, 0.3) is 0 Å². The standard InChI is InChI=1S/C22H26FNO2/c1-6-15-13(3)17-11-21(25)24(12-18(17)14(4)16(15)7-2)20-10-8-9-19(23)22(20)26-5/h8-10H,6-7,11-12H2,1-5H3. The van der Waals surface area contributed by atoms with Crippen LogP contribution in [0.4, 0.5) is 10.1 Å². The van der Waals surface area contributed by atoms with Crippen LogP contribution in [0, 0.1) is 19.7 Å². The molecule has 0 N–H and O–H groups in total. The Bertz CT molecular complexity index is 873. The first-order valence-corrected chi connectivity index (χ1v) is 9.19. The van der Waals surface area contributed by atoms with Crippen molar-refractivity contribution in [2.24, 2.45) is 0 Å². The minimum atomic E-state index is -0.452. The molecule has 3 nitrogen and oxygen atoms in total. The molecule has 26 heavy (non-hydrogen) atoms. The third kappa shape index (κ3) is 2.77. The van der Waals surface area contributed by atoms with Crippen molar-refractivity contribution < 1.29 is 13.9 Å². The fourth-order valence-electron chi connectivity index (χ4n) is 4.30. The van der Waals surface area contributed by atoms with E-state index >= 15 is 0 Å². The molecule has 138 valence electrons. The van der Waals surface area contributed by atoms with E-state index in [1.54, 1.807) is 17.0 Å². The van der Waals surface area contributed by atoms with Gasteiger partial charge in [0.05, 0.1) is 25.8 Å². The Labute approximate surface area is 154 Å². The number of hydrogen-bond acceptors (Lipinski definition) is 2. The molecule has 1 heterocycles. The van der Waals surface area contributed by atoms with Crippen LogP contribution in [-0.4, -0.2) is 13.0 Å². The van der Waals surface area contributed by atoms with Crippen LogP contribution in [0.5, 0.6) is 5.75 Å². The Morgan fingerprint density at radius 1 is 1.08 bits per heavy atom. The third-order valence-corrected chi connectivity index (χ3v) is 5.63. The molecule has 0 atom stereocenters. The quantitative estimate of drug-likeness (QED) is 0.798. The van der Waals surface area contributed by atoms with Gasteiger partial charge in [-0.25, -0.2) is 4.39 Å². The maximum Gasteiger partial charge on any atom is 0.231 e. The van der Waals surface area contributed by atoms with Gasteiger partial charge in [-0.15, -0.1) is 0 Å². The number of amides is 1. The fraction of sp³-hybridized carbons (Fsp3) is 0.409. The lowest BCUT2D eigenvalue weighted by atomic mass is 9.82. The molecule has 0 saturated heterocycles. The maximum absolute atomic E-state index is 14.1. The Morgan fingerprint density at radius 3 is 2.27 bits per heavy atom. The van der Waals surface area contributed by atoms with Crippen molar-refractivity contribution in [3.63, 3.8) is 0 Å². The summed E-state index contributed by atoms with van der Waals surface area (Å²) in [6.07, 6.45) is 2.29. The van der Waals surface area contributed by atoms with Crippen molar-refractivity contribution >= 4 is 11.6 Å². The Kier molecular flexibility index (Phi) is 5.03. The van der Waals surface area contributed by atoms with E-state index in [2.05, 4.69) is 27.7 Å². The maximum atomic E-state index is 14.1. The third-order valence-electron chi connectivity index (χ3n) is 5.63. The molecule has 1 amide bonds. The monoisotopic (exact) mass is 355 g/mol. The number of nitrogens with zero attached hydrogens (tertiary/aromatic N) is 1. The van der Waals surface area contributed by atoms with Crippen molar-refractivity contribution in [1.82, 2.24) is 0 Å². The number of carbonyl (C=O) groups excluding carboxylic acids is 1. The van der Waals surface area contributed by atoms with Crippen LogP contribution < -0.4 is 9.64 Å². The number of benzene rings is 2. The number of methoxy groups -OCH3 is 1. The smallest absolute Gasteiger partial charge is 0.231 e. The summed E-state index contributed by atoms with van der Waals surface area (Å²) in [5.41, 5.74) is 8.09. The number of para-hydroxylation sites is 1. The first-order valence-electron chi connectivity index (χ1n) is 9.19. The molecule has 0 spiro atoms. The Hall–Kier alpha value is -2.36. The lowest BCUT2D eigenvalue weighted by Crippen LogP contribution is -2.37. The van der Waals surface area contributed by atoms with Gasteiger partial charge in [-0.1, -0.05) is 19.9 Å². The van der Waals surface area contributed by atoms with E-state index in [1.165, 1.54) is 41.0 Å². The molecule has 2 aromatic carbocycles. The highest BCUT2D eigenvalue weighted by Crippen LogP contribution is 2.38. The van der Waals surface area contributed by atoms with E-state index in [9.17, 15) is 9.18 Å². The number of fused-ring (bicyclic) bond motifs is 1. The predicted octanol–water partition coefficient (Wildman–Crippen LogP) is 4.67. The normalized spacial score (nSPS) is 13.8. The van der Waals surface area contributed by atoms with E-state index < -0.39 is 5.82 Å². The van der Waals surface area contributed by atoms with E-state index in [4.69, 9.17) is 4.74 Å². The highest BCUT2D eigenvalue weighted by molar-refractivity contribution is 5.98. The second-order valence-electron chi connectivity index (χ2n) is 6.82. The van der Waals surface area contributed by atoms with Crippen molar-refractivity contribution in [3.8, 4) is 5.75 Å². The minimum Gasteiger partial charge on any atom is -0.492 e. The van der Waals surface area contributed by atoms with Crippen molar-refractivity contribution in [2.75, 3.05) is 12.0 Å². The molecule has 4 heteroatoms. The fourth-order valence-corrected chi connectivity index (χ4v) is 4.30. The largest absolute Gasteiger partial charge is 0.492 e. The van der Waals surface area contributed by atoms with Gasteiger partial charge in [0.1, 0.15) is 0 Å². The molecule has 0 bridgehead atoms. The Morgan fingerprint density at radius 2 is 1.69 bits per heavy atom. The molecular weight excluding hydrogens is 329 g/mol. The van der Waals surface area contributed by atoms with E-state index in [-0.39, 0.29) is 11.7 Å². The molecule has 0 saturated carbocycles. The van der Waals surface area contributed by atoms with Gasteiger partial charge in [0.2, 0.25) is 5.91 Å². The molecule has 2 aromatic rings. The summed E-state index contributed by atoms with van der Waals surface area (Å²) >= 11 is 0. The number of ether oxygens (including phenoxy) is 1. The second kappa shape index (κ2) is 7.10. The van der Waals surface area contributed by atoms with Crippen LogP contribution in [0.15, 0.2) is 18.2 Å². The lowest BCUT2D eigenvalue weighted by Gasteiger charge is -2.33. The zero-order valence-electron chi connectivity index (χ0n) is 16.2. The van der Waals surface area contributed by atoms with Crippen molar-refractivity contribution in [2.45, 2.75) is 53.5 Å². The van der Waals surface area contributed by atoms with Crippen molar-refractivity contribution in [1.29, 1.82) is 0 Å². The van der Waals surface area contributed by atoms with E-state index in [0.29, 0.717) is 18.7 Å². The SMILES string of the molecule is CCc1c(C)c2c(c(C)c1CC)CN(c1cccc(F)c1OC)C(=O)C2. The van der Waals surface area contributed by atoms with Crippen LogP contribution in [0.2, 0.25) is 0 Å². The van der Waals surface area contributed by atoms with Gasteiger partial charge in [0, 0.05) is 0 Å². The molecule has 3 rings (SSSR count). The van der Waals surface area contributed by atoms with Gasteiger partial charge >= 0.3 is 0 Å². The molecule has 0 aromatic heterocycles. The van der Waals surface area contributed by atoms with E-state index in [1.807, 2.05) is 0 Å². The lowest BCUT2D eigenvalue weighted by molar-refractivity contribution is -0.118. The highest BCUT2D eigenvalue weighted by Gasteiger charge is 2.31. The number of rotatable bonds is 4. The summed E-state index contributed by atoms with van der Waals surface area (Å²) in [6, 6.07) is 4.71. The summed E-state index contributed by atoms with van der Waals surface area (Å²) in [6.45, 7) is 9.07. The molecule has 0 aliphatic carbocycles. The van der Waals surface area contributed by atoms with Crippen LogP contribution >= 0.6 is 0 Å². The molecular formula is C22H26FNO2. The molecule has 0 radical (unpaired) electrons. The van der Waals surface area contributed by atoms with Crippen LogP contribution in [0.1, 0.15) is 47.2 Å². The summed E-state index contributed by atoms with van der Waals surface area (Å²) in [7, 11) is 1.43. The molecule has 1 aliphatic rings. The average Bonchev–Trinajstić information content (AvgIpc) is 2.63. The minimum absolute atomic E-state index is 0.0183. The first-order chi connectivity index (χ1) is 12.4. The van der Waals surface area contributed by atoms with Crippen molar-refractivity contribution in [3.05, 3.63) is 57.4 Å². The zero-order valence-corrected chi connectivity index (χ0v) is 16.2. The number of anilines is 1. The van der Waals surface area contributed by atoms with Gasteiger partial charge < -0.3 is 9.64 Å². The summed E-state index contributed by atoms with van der Waals surface area (Å²) in [5.74, 6) is -0.346. The first kappa shape index (κ1) is 18.4. The Balaban J connectivity index is 2.16. The van der Waals surface area contributed by atoms with Crippen LogP contribution in [-0.2, 0) is 30.6 Å². The summed E-state index contributed by atoms with van der Waals surface area (Å²) < 4.78 is 19.4.